The third-order valence-electron chi connectivity index (χ3n) is 5.29. The van der Waals surface area contributed by atoms with E-state index >= 15 is 0 Å². The van der Waals surface area contributed by atoms with Crippen LogP contribution < -0.4 is 4.90 Å². The number of hydrogen-bond acceptors (Lipinski definition) is 2. The lowest BCUT2D eigenvalue weighted by Gasteiger charge is -2.21. The number of hydrogen-bond donors (Lipinski definition) is 0. The summed E-state index contributed by atoms with van der Waals surface area (Å²) < 4.78 is 0. The van der Waals surface area contributed by atoms with Gasteiger partial charge in [-0.25, -0.2) is 4.90 Å². The molecule has 2 aliphatic rings. The van der Waals surface area contributed by atoms with Crippen LogP contribution in [0.5, 0.6) is 0 Å². The van der Waals surface area contributed by atoms with Crippen LogP contribution in [0.2, 0.25) is 0 Å². The maximum atomic E-state index is 13.0. The molecular weight excluding hydrogens is 286 g/mol. The number of rotatable bonds is 2. The Morgan fingerprint density at radius 2 is 1.52 bits per heavy atom. The summed E-state index contributed by atoms with van der Waals surface area (Å²) in [6.07, 6.45) is 0. The second-order valence-electron chi connectivity index (χ2n) is 6.97. The number of carbonyl (C=O) groups is 2. The number of nitrogens with zero attached hydrogens (tertiary/aromatic N) is 1. The van der Waals surface area contributed by atoms with E-state index in [2.05, 4.69) is 0 Å². The second kappa shape index (κ2) is 4.54. The van der Waals surface area contributed by atoms with Gasteiger partial charge in [0.1, 0.15) is 0 Å². The summed E-state index contributed by atoms with van der Waals surface area (Å²) in [6.45, 7) is 5.89. The van der Waals surface area contributed by atoms with Gasteiger partial charge in [-0.15, -0.1) is 0 Å². The minimum absolute atomic E-state index is 0.0193. The first-order chi connectivity index (χ1) is 10.9. The molecule has 0 N–H and O–H groups in total. The van der Waals surface area contributed by atoms with Gasteiger partial charge in [-0.2, -0.15) is 0 Å². The molecule has 0 aromatic heterocycles. The van der Waals surface area contributed by atoms with Crippen LogP contribution in [0.15, 0.2) is 48.5 Å². The highest BCUT2D eigenvalue weighted by Crippen LogP contribution is 2.69. The Morgan fingerprint density at radius 3 is 2.04 bits per heavy atom. The molecule has 3 atom stereocenters. The zero-order chi connectivity index (χ0) is 16.4. The predicted octanol–water partition coefficient (Wildman–Crippen LogP) is 3.60. The predicted molar refractivity (Wildman–Crippen MR) is 89.2 cm³/mol. The number of amides is 2. The lowest BCUT2D eigenvalue weighted by Crippen LogP contribution is -2.36. The Labute approximate surface area is 135 Å². The van der Waals surface area contributed by atoms with Gasteiger partial charge >= 0.3 is 0 Å². The molecule has 1 saturated carbocycles. The maximum Gasteiger partial charge on any atom is 0.241 e. The summed E-state index contributed by atoms with van der Waals surface area (Å²) in [5, 5.41) is 0. The summed E-state index contributed by atoms with van der Waals surface area (Å²) in [6, 6.07) is 15.8. The van der Waals surface area contributed by atoms with Crippen LogP contribution in [-0.4, -0.2) is 11.8 Å². The molecule has 0 spiro atoms. The van der Waals surface area contributed by atoms with E-state index in [1.54, 1.807) is 0 Å². The number of benzene rings is 2. The molecule has 0 unspecified atom stereocenters. The van der Waals surface area contributed by atoms with Gasteiger partial charge in [-0.3, -0.25) is 9.59 Å². The van der Waals surface area contributed by atoms with Crippen LogP contribution in [0.25, 0.3) is 0 Å². The van der Waals surface area contributed by atoms with Gasteiger partial charge in [0.05, 0.1) is 17.0 Å². The highest BCUT2D eigenvalue weighted by molar-refractivity contribution is 6.27. The number of carbonyl (C=O) groups excluding carboxylic acids is 2. The van der Waals surface area contributed by atoms with Crippen molar-refractivity contribution in [3.05, 3.63) is 65.2 Å². The van der Waals surface area contributed by atoms with Crippen LogP contribution in [0.1, 0.15) is 29.5 Å². The van der Waals surface area contributed by atoms with E-state index in [-0.39, 0.29) is 23.7 Å². The molecule has 0 bridgehead atoms. The number of anilines is 1. The Kier molecular flexibility index (Phi) is 2.80. The molecule has 3 nitrogen and oxygen atoms in total. The van der Waals surface area contributed by atoms with E-state index < -0.39 is 5.41 Å². The Hall–Kier alpha value is -2.42. The number of piperidine rings is 1. The fourth-order valence-electron chi connectivity index (χ4n) is 4.18. The van der Waals surface area contributed by atoms with Crippen molar-refractivity contribution in [3.8, 4) is 0 Å². The van der Waals surface area contributed by atoms with Crippen molar-refractivity contribution in [2.45, 2.75) is 26.7 Å². The second-order valence-corrected chi connectivity index (χ2v) is 6.97. The van der Waals surface area contributed by atoms with E-state index in [4.69, 9.17) is 0 Å². The molecule has 3 heteroatoms. The normalized spacial score (nSPS) is 28.9. The standard InChI is InChI=1S/C20H19NO2/c1-12-9-13(2)11-15(10-12)21-18(22)17-16(20(17,3)19(21)23)14-7-5-4-6-8-14/h4-11,16-17H,1-3H3/t16-,17-,20-/m1/s1. The molecule has 1 aliphatic heterocycles. The SMILES string of the molecule is Cc1cc(C)cc(N2C(=O)[C@H]3[C@@H](c4ccccc4)[C@@]3(C)C2=O)c1. The number of fused-ring (bicyclic) bond motifs is 1. The first-order valence-electron chi connectivity index (χ1n) is 7.96. The third-order valence-corrected chi connectivity index (χ3v) is 5.29. The molecule has 116 valence electrons. The summed E-state index contributed by atoms with van der Waals surface area (Å²) in [7, 11) is 0. The molecule has 2 amide bonds. The average Bonchev–Trinajstić information content (AvgIpc) is 3.08. The quantitative estimate of drug-likeness (QED) is 0.795. The zero-order valence-electron chi connectivity index (χ0n) is 13.5. The van der Waals surface area contributed by atoms with Gasteiger partial charge in [-0.05, 0) is 49.6 Å². The molecule has 1 heterocycles. The highest BCUT2D eigenvalue weighted by atomic mass is 16.2. The molecule has 2 fully saturated rings. The Bertz CT molecular complexity index is 807. The first kappa shape index (κ1) is 14.2. The summed E-state index contributed by atoms with van der Waals surface area (Å²) in [4.78, 5) is 27.3. The third kappa shape index (κ3) is 1.83. The van der Waals surface area contributed by atoms with Crippen LogP contribution in [0.3, 0.4) is 0 Å². The van der Waals surface area contributed by atoms with Gasteiger partial charge in [-0.1, -0.05) is 36.4 Å². The maximum absolute atomic E-state index is 13.0. The van der Waals surface area contributed by atoms with Crippen molar-refractivity contribution in [1.29, 1.82) is 0 Å². The minimum atomic E-state index is -0.587. The Balaban J connectivity index is 1.72. The van der Waals surface area contributed by atoms with Crippen molar-refractivity contribution in [2.24, 2.45) is 11.3 Å². The van der Waals surface area contributed by atoms with E-state index in [9.17, 15) is 9.59 Å². The monoisotopic (exact) mass is 305 g/mol. The summed E-state index contributed by atoms with van der Waals surface area (Å²) in [5.41, 5.74) is 3.33. The van der Waals surface area contributed by atoms with Crippen LogP contribution >= 0.6 is 0 Å². The fraction of sp³-hybridized carbons (Fsp3) is 0.300. The summed E-state index contributed by atoms with van der Waals surface area (Å²) in [5.74, 6) is -0.327. The number of aryl methyl sites for hydroxylation is 2. The molecule has 2 aromatic carbocycles. The molecule has 23 heavy (non-hydrogen) atoms. The fourth-order valence-corrected chi connectivity index (χ4v) is 4.18. The lowest BCUT2D eigenvalue weighted by molar-refractivity contribution is -0.125. The van der Waals surface area contributed by atoms with E-state index in [1.165, 1.54) is 4.90 Å². The Morgan fingerprint density at radius 1 is 0.913 bits per heavy atom. The van der Waals surface area contributed by atoms with E-state index in [0.717, 1.165) is 16.7 Å². The molecule has 4 rings (SSSR count). The van der Waals surface area contributed by atoms with Gasteiger partial charge in [0.2, 0.25) is 11.8 Å². The van der Waals surface area contributed by atoms with Gasteiger partial charge in [0, 0.05) is 5.92 Å². The highest BCUT2D eigenvalue weighted by Gasteiger charge is 2.76. The topological polar surface area (TPSA) is 37.4 Å². The summed E-state index contributed by atoms with van der Waals surface area (Å²) >= 11 is 0. The smallest absolute Gasteiger partial charge is 0.241 e. The van der Waals surface area contributed by atoms with Gasteiger partial charge in [0.25, 0.3) is 0 Å². The largest absolute Gasteiger partial charge is 0.274 e. The van der Waals surface area contributed by atoms with Crippen LogP contribution in [0, 0.1) is 25.2 Å². The molecule has 1 saturated heterocycles. The molecular formula is C20H19NO2. The van der Waals surface area contributed by atoms with Crippen molar-refractivity contribution in [2.75, 3.05) is 4.90 Å². The van der Waals surface area contributed by atoms with E-state index in [0.29, 0.717) is 5.69 Å². The van der Waals surface area contributed by atoms with Crippen LogP contribution in [0.4, 0.5) is 5.69 Å². The molecule has 0 radical (unpaired) electrons. The number of imide groups is 1. The van der Waals surface area contributed by atoms with Crippen molar-refractivity contribution in [3.63, 3.8) is 0 Å². The first-order valence-corrected chi connectivity index (χ1v) is 7.96. The van der Waals surface area contributed by atoms with Crippen molar-refractivity contribution in [1.82, 2.24) is 0 Å². The van der Waals surface area contributed by atoms with E-state index in [1.807, 2.05) is 69.3 Å². The van der Waals surface area contributed by atoms with Gasteiger partial charge < -0.3 is 0 Å². The average molecular weight is 305 g/mol. The van der Waals surface area contributed by atoms with Gasteiger partial charge in [0.15, 0.2) is 0 Å². The lowest BCUT2D eigenvalue weighted by atomic mass is 9.99. The van der Waals surface area contributed by atoms with Crippen molar-refractivity contribution < 1.29 is 9.59 Å². The zero-order valence-corrected chi connectivity index (χ0v) is 13.5. The minimum Gasteiger partial charge on any atom is -0.274 e. The molecule has 2 aromatic rings. The van der Waals surface area contributed by atoms with Crippen molar-refractivity contribution >= 4 is 17.5 Å². The van der Waals surface area contributed by atoms with Crippen LogP contribution in [-0.2, 0) is 9.59 Å². The molecule has 1 aliphatic carbocycles.